The van der Waals surface area contributed by atoms with E-state index in [1.165, 1.54) is 0 Å². The van der Waals surface area contributed by atoms with Gasteiger partial charge in [-0.1, -0.05) is 20.8 Å². The van der Waals surface area contributed by atoms with Crippen LogP contribution in [-0.2, 0) is 4.74 Å². The molecular formula is C18H24N4O2. The van der Waals surface area contributed by atoms with Crippen LogP contribution in [0.1, 0.15) is 37.6 Å². The van der Waals surface area contributed by atoms with Crippen LogP contribution in [0.25, 0.3) is 5.82 Å². The minimum Gasteiger partial charge on any atom is -0.376 e. The molecular weight excluding hydrogens is 304 g/mol. The molecule has 2 aromatic rings. The van der Waals surface area contributed by atoms with Gasteiger partial charge in [-0.25, -0.2) is 9.67 Å². The Labute approximate surface area is 142 Å². The molecule has 3 heterocycles. The zero-order valence-corrected chi connectivity index (χ0v) is 14.5. The van der Waals surface area contributed by atoms with Crippen LogP contribution in [0.15, 0.2) is 36.8 Å². The fraction of sp³-hybridized carbons (Fsp3) is 0.500. The quantitative estimate of drug-likeness (QED) is 0.850. The van der Waals surface area contributed by atoms with Gasteiger partial charge < -0.3 is 9.64 Å². The molecule has 3 rings (SSSR count). The minimum absolute atomic E-state index is 0.0176. The van der Waals surface area contributed by atoms with E-state index in [2.05, 4.69) is 30.9 Å². The molecule has 128 valence electrons. The van der Waals surface area contributed by atoms with Crippen molar-refractivity contribution in [3.63, 3.8) is 0 Å². The van der Waals surface area contributed by atoms with E-state index in [0.29, 0.717) is 31.1 Å². The molecule has 1 aliphatic rings. The van der Waals surface area contributed by atoms with Crippen molar-refractivity contribution in [1.82, 2.24) is 19.7 Å². The van der Waals surface area contributed by atoms with Crippen molar-refractivity contribution in [1.29, 1.82) is 0 Å². The molecule has 0 aliphatic carbocycles. The van der Waals surface area contributed by atoms with E-state index in [-0.39, 0.29) is 17.4 Å². The van der Waals surface area contributed by atoms with E-state index in [1.54, 1.807) is 29.2 Å². The number of ether oxygens (including phenoxy) is 1. The van der Waals surface area contributed by atoms with Crippen LogP contribution >= 0.6 is 0 Å². The Kier molecular flexibility index (Phi) is 4.66. The first kappa shape index (κ1) is 16.6. The first-order chi connectivity index (χ1) is 11.4. The van der Waals surface area contributed by atoms with Crippen molar-refractivity contribution in [3.8, 4) is 5.82 Å². The van der Waals surface area contributed by atoms with E-state index in [1.807, 2.05) is 17.2 Å². The Hall–Kier alpha value is -2.21. The van der Waals surface area contributed by atoms with Crippen LogP contribution in [0.2, 0.25) is 0 Å². The lowest BCUT2D eigenvalue weighted by Gasteiger charge is -2.29. The number of amides is 1. The third kappa shape index (κ3) is 3.64. The number of nitrogens with zero attached hydrogens (tertiary/aromatic N) is 4. The van der Waals surface area contributed by atoms with Gasteiger partial charge in [0.05, 0.1) is 12.7 Å². The molecule has 0 N–H and O–H groups in total. The molecule has 2 aromatic heterocycles. The highest BCUT2D eigenvalue weighted by Gasteiger charge is 2.29. The summed E-state index contributed by atoms with van der Waals surface area (Å²) in [5.74, 6) is 0.661. The lowest BCUT2D eigenvalue weighted by Crippen LogP contribution is -2.34. The van der Waals surface area contributed by atoms with Gasteiger partial charge in [-0.05, 0) is 30.0 Å². The molecule has 0 spiro atoms. The number of aromatic nitrogens is 3. The molecule has 0 radical (unpaired) electrons. The predicted octanol–water partition coefficient (Wildman–Crippen LogP) is 2.54. The highest BCUT2D eigenvalue weighted by molar-refractivity contribution is 5.94. The van der Waals surface area contributed by atoms with Gasteiger partial charge >= 0.3 is 0 Å². The second kappa shape index (κ2) is 6.73. The molecule has 6 heteroatoms. The first-order valence-electron chi connectivity index (χ1n) is 8.32. The van der Waals surface area contributed by atoms with Crippen molar-refractivity contribution < 1.29 is 9.53 Å². The van der Waals surface area contributed by atoms with E-state index < -0.39 is 0 Å². The Morgan fingerprint density at radius 3 is 2.83 bits per heavy atom. The fourth-order valence-corrected chi connectivity index (χ4v) is 2.92. The van der Waals surface area contributed by atoms with E-state index >= 15 is 0 Å². The second-order valence-electron chi connectivity index (χ2n) is 7.16. The van der Waals surface area contributed by atoms with Crippen molar-refractivity contribution in [2.24, 2.45) is 5.41 Å². The summed E-state index contributed by atoms with van der Waals surface area (Å²) in [6, 6.07) is 5.36. The molecule has 1 amide bonds. The third-order valence-corrected chi connectivity index (χ3v) is 4.33. The van der Waals surface area contributed by atoms with Gasteiger partial charge in [0.1, 0.15) is 0 Å². The number of hydrogen-bond acceptors (Lipinski definition) is 4. The molecule has 0 saturated carbocycles. The summed E-state index contributed by atoms with van der Waals surface area (Å²) in [5.41, 5.74) is 0.716. The van der Waals surface area contributed by atoms with Crippen LogP contribution < -0.4 is 0 Å². The highest BCUT2D eigenvalue weighted by atomic mass is 16.5. The largest absolute Gasteiger partial charge is 0.376 e. The van der Waals surface area contributed by atoms with Gasteiger partial charge in [-0.3, -0.25) is 4.79 Å². The topological polar surface area (TPSA) is 60.2 Å². The molecule has 1 saturated heterocycles. The maximum Gasteiger partial charge on any atom is 0.254 e. The van der Waals surface area contributed by atoms with Crippen LogP contribution in [0.4, 0.5) is 0 Å². The molecule has 1 aliphatic heterocycles. The average Bonchev–Trinajstić information content (AvgIpc) is 2.97. The van der Waals surface area contributed by atoms with Crippen molar-refractivity contribution in [2.75, 3.05) is 19.7 Å². The van der Waals surface area contributed by atoms with Crippen LogP contribution in [0.3, 0.4) is 0 Å². The van der Waals surface area contributed by atoms with Gasteiger partial charge in [-0.15, -0.1) is 0 Å². The lowest BCUT2D eigenvalue weighted by atomic mass is 9.87. The lowest BCUT2D eigenvalue weighted by molar-refractivity contribution is -0.00973. The number of pyridine rings is 1. The van der Waals surface area contributed by atoms with Crippen molar-refractivity contribution in [3.05, 3.63) is 42.4 Å². The molecule has 0 bridgehead atoms. The maximum atomic E-state index is 12.8. The summed E-state index contributed by atoms with van der Waals surface area (Å²) in [6.07, 6.45) is 6.18. The molecule has 1 fully saturated rings. The van der Waals surface area contributed by atoms with Gasteiger partial charge in [-0.2, -0.15) is 5.10 Å². The SMILES string of the molecule is CC(C)(C)C1CCN(C(=O)c2ccnc(-n3cccn3)c2)CCO1. The van der Waals surface area contributed by atoms with Crippen molar-refractivity contribution in [2.45, 2.75) is 33.3 Å². The van der Waals surface area contributed by atoms with Crippen LogP contribution in [0.5, 0.6) is 0 Å². The van der Waals surface area contributed by atoms with Crippen LogP contribution in [-0.4, -0.2) is 51.4 Å². The number of hydrogen-bond donors (Lipinski definition) is 0. The van der Waals surface area contributed by atoms with Gasteiger partial charge in [0.25, 0.3) is 5.91 Å². The Bertz CT molecular complexity index is 691. The standard InChI is InChI=1S/C18H24N4O2/c1-18(2,3)15-6-10-21(11-12-24-15)17(23)14-5-8-19-16(13-14)22-9-4-7-20-22/h4-5,7-9,13,15H,6,10-12H2,1-3H3. The Morgan fingerprint density at radius 2 is 2.12 bits per heavy atom. The summed E-state index contributed by atoms with van der Waals surface area (Å²) in [5, 5.41) is 4.16. The fourth-order valence-electron chi connectivity index (χ4n) is 2.92. The van der Waals surface area contributed by atoms with E-state index in [9.17, 15) is 4.79 Å². The second-order valence-corrected chi connectivity index (χ2v) is 7.16. The molecule has 1 unspecified atom stereocenters. The first-order valence-corrected chi connectivity index (χ1v) is 8.32. The van der Waals surface area contributed by atoms with E-state index in [4.69, 9.17) is 4.74 Å². The summed E-state index contributed by atoms with van der Waals surface area (Å²) >= 11 is 0. The Morgan fingerprint density at radius 1 is 1.29 bits per heavy atom. The third-order valence-electron chi connectivity index (χ3n) is 4.33. The van der Waals surface area contributed by atoms with Gasteiger partial charge in [0.2, 0.25) is 0 Å². The smallest absolute Gasteiger partial charge is 0.254 e. The van der Waals surface area contributed by atoms with Gasteiger partial charge in [0, 0.05) is 37.2 Å². The Balaban J connectivity index is 1.74. The molecule has 6 nitrogen and oxygen atoms in total. The van der Waals surface area contributed by atoms with Gasteiger partial charge in [0.15, 0.2) is 5.82 Å². The minimum atomic E-state index is 0.0176. The normalized spacial score (nSPS) is 19.1. The van der Waals surface area contributed by atoms with Crippen molar-refractivity contribution >= 4 is 5.91 Å². The summed E-state index contributed by atoms with van der Waals surface area (Å²) in [7, 11) is 0. The van der Waals surface area contributed by atoms with E-state index in [0.717, 1.165) is 6.42 Å². The zero-order chi connectivity index (χ0) is 17.2. The maximum absolute atomic E-state index is 12.8. The monoisotopic (exact) mass is 328 g/mol. The zero-order valence-electron chi connectivity index (χ0n) is 14.5. The van der Waals surface area contributed by atoms with Crippen LogP contribution in [0, 0.1) is 5.41 Å². The predicted molar refractivity (Wildman–Crippen MR) is 91.1 cm³/mol. The molecule has 24 heavy (non-hydrogen) atoms. The summed E-state index contributed by atoms with van der Waals surface area (Å²) in [6.45, 7) is 8.42. The molecule has 1 atom stereocenters. The number of rotatable bonds is 2. The number of carbonyl (C=O) groups excluding carboxylic acids is 1. The highest BCUT2D eigenvalue weighted by Crippen LogP contribution is 2.27. The average molecular weight is 328 g/mol. The summed E-state index contributed by atoms with van der Waals surface area (Å²) < 4.78 is 7.60. The number of carbonyl (C=O) groups is 1. The summed E-state index contributed by atoms with van der Waals surface area (Å²) in [4.78, 5) is 19.0. The molecule has 0 aromatic carbocycles.